The van der Waals surface area contributed by atoms with E-state index in [1.54, 1.807) is 24.3 Å². The van der Waals surface area contributed by atoms with Crippen molar-refractivity contribution in [1.82, 2.24) is 5.32 Å². The predicted molar refractivity (Wildman–Crippen MR) is 81.0 cm³/mol. The summed E-state index contributed by atoms with van der Waals surface area (Å²) in [4.78, 5) is 24.0. The summed E-state index contributed by atoms with van der Waals surface area (Å²) in [7, 11) is 0. The van der Waals surface area contributed by atoms with Crippen molar-refractivity contribution in [3.05, 3.63) is 29.8 Å². The first-order chi connectivity index (χ1) is 9.97. The van der Waals surface area contributed by atoms with Crippen LogP contribution in [-0.4, -0.2) is 29.1 Å². The number of aliphatic hydroxyl groups is 1. The van der Waals surface area contributed by atoms with E-state index < -0.39 is 6.10 Å². The SMILES string of the molecule is CC(C)C(O)CC(=O)Nc1ccccc1C(=O)NC1CC1. The smallest absolute Gasteiger partial charge is 0.253 e. The van der Waals surface area contributed by atoms with Gasteiger partial charge >= 0.3 is 0 Å². The molecule has 1 saturated carbocycles. The second-order valence-corrected chi connectivity index (χ2v) is 5.86. The lowest BCUT2D eigenvalue weighted by molar-refractivity contribution is -0.118. The summed E-state index contributed by atoms with van der Waals surface area (Å²) in [6, 6.07) is 7.18. The molecule has 1 unspecified atom stereocenters. The van der Waals surface area contributed by atoms with Crippen LogP contribution in [0.15, 0.2) is 24.3 Å². The van der Waals surface area contributed by atoms with Crippen molar-refractivity contribution in [1.29, 1.82) is 0 Å². The summed E-state index contributed by atoms with van der Waals surface area (Å²) in [5.41, 5.74) is 0.938. The molecular formula is C16H22N2O3. The zero-order valence-electron chi connectivity index (χ0n) is 12.4. The highest BCUT2D eigenvalue weighted by Crippen LogP contribution is 2.21. The number of amides is 2. The number of hydrogen-bond donors (Lipinski definition) is 3. The molecule has 5 nitrogen and oxygen atoms in total. The minimum atomic E-state index is -0.683. The van der Waals surface area contributed by atoms with Gasteiger partial charge in [0.05, 0.1) is 23.8 Å². The van der Waals surface area contributed by atoms with Crippen molar-refractivity contribution in [3.63, 3.8) is 0 Å². The number of benzene rings is 1. The molecule has 1 aromatic rings. The Hall–Kier alpha value is -1.88. The Kier molecular flexibility index (Phi) is 4.96. The first-order valence-electron chi connectivity index (χ1n) is 7.35. The van der Waals surface area contributed by atoms with Crippen LogP contribution in [0.4, 0.5) is 5.69 Å². The molecule has 3 N–H and O–H groups in total. The number of carbonyl (C=O) groups is 2. The lowest BCUT2D eigenvalue weighted by atomic mass is 10.0. The van der Waals surface area contributed by atoms with Crippen molar-refractivity contribution in [2.24, 2.45) is 5.92 Å². The van der Waals surface area contributed by atoms with Gasteiger partial charge in [0, 0.05) is 6.04 Å². The number of rotatable bonds is 6. The van der Waals surface area contributed by atoms with E-state index in [1.165, 1.54) is 0 Å². The van der Waals surface area contributed by atoms with Crippen LogP contribution in [0.1, 0.15) is 43.5 Å². The van der Waals surface area contributed by atoms with Gasteiger partial charge in [0.15, 0.2) is 0 Å². The molecule has 0 spiro atoms. The normalized spacial score (nSPS) is 15.6. The molecular weight excluding hydrogens is 268 g/mol. The van der Waals surface area contributed by atoms with Gasteiger partial charge in [-0.1, -0.05) is 26.0 Å². The van der Waals surface area contributed by atoms with Gasteiger partial charge in [0.2, 0.25) is 5.91 Å². The van der Waals surface area contributed by atoms with Crippen molar-refractivity contribution in [3.8, 4) is 0 Å². The lowest BCUT2D eigenvalue weighted by Crippen LogP contribution is -2.28. The third-order valence-electron chi connectivity index (χ3n) is 3.52. The maximum Gasteiger partial charge on any atom is 0.253 e. The van der Waals surface area contributed by atoms with Crippen LogP contribution < -0.4 is 10.6 Å². The molecule has 0 bridgehead atoms. The molecule has 2 amide bonds. The third-order valence-corrected chi connectivity index (χ3v) is 3.52. The average Bonchev–Trinajstić information content (AvgIpc) is 3.22. The zero-order chi connectivity index (χ0) is 15.4. The summed E-state index contributed by atoms with van der Waals surface area (Å²) in [6.45, 7) is 3.71. The Labute approximate surface area is 124 Å². The molecule has 0 saturated heterocycles. The van der Waals surface area contributed by atoms with Gasteiger partial charge in [-0.05, 0) is 30.9 Å². The predicted octanol–water partition coefficient (Wildman–Crippen LogP) is 1.92. The first-order valence-corrected chi connectivity index (χ1v) is 7.35. The molecule has 0 aromatic heterocycles. The molecule has 114 valence electrons. The quantitative estimate of drug-likeness (QED) is 0.749. The summed E-state index contributed by atoms with van der Waals surface area (Å²) in [5, 5.41) is 15.4. The number of anilines is 1. The van der Waals surface area contributed by atoms with Gasteiger partial charge in [-0.15, -0.1) is 0 Å². The van der Waals surface area contributed by atoms with Crippen molar-refractivity contribution in [2.45, 2.75) is 45.3 Å². The van der Waals surface area contributed by atoms with Crippen LogP contribution in [0, 0.1) is 5.92 Å². The Morgan fingerprint density at radius 3 is 2.57 bits per heavy atom. The highest BCUT2D eigenvalue weighted by Gasteiger charge is 2.25. The highest BCUT2D eigenvalue weighted by molar-refractivity contribution is 6.04. The average molecular weight is 290 g/mol. The Morgan fingerprint density at radius 2 is 1.95 bits per heavy atom. The molecule has 1 atom stereocenters. The molecule has 5 heteroatoms. The van der Waals surface area contributed by atoms with Gasteiger partial charge in [-0.25, -0.2) is 0 Å². The van der Waals surface area contributed by atoms with E-state index in [0.29, 0.717) is 11.3 Å². The van der Waals surface area contributed by atoms with Crippen molar-refractivity contribution in [2.75, 3.05) is 5.32 Å². The van der Waals surface area contributed by atoms with E-state index in [0.717, 1.165) is 12.8 Å². The maximum absolute atomic E-state index is 12.1. The molecule has 1 fully saturated rings. The molecule has 0 radical (unpaired) electrons. The molecule has 1 aliphatic rings. The van der Waals surface area contributed by atoms with Crippen LogP contribution in [-0.2, 0) is 4.79 Å². The second kappa shape index (κ2) is 6.72. The summed E-state index contributed by atoms with van der Waals surface area (Å²) >= 11 is 0. The Morgan fingerprint density at radius 1 is 1.29 bits per heavy atom. The Balaban J connectivity index is 2.02. The van der Waals surface area contributed by atoms with E-state index in [-0.39, 0.29) is 30.2 Å². The van der Waals surface area contributed by atoms with Crippen LogP contribution in [0.25, 0.3) is 0 Å². The summed E-state index contributed by atoms with van der Waals surface area (Å²) in [6.07, 6.45) is 1.37. The number of nitrogens with one attached hydrogen (secondary N) is 2. The monoisotopic (exact) mass is 290 g/mol. The standard InChI is InChI=1S/C16H22N2O3/c1-10(2)14(19)9-15(20)18-13-6-4-3-5-12(13)16(21)17-11-7-8-11/h3-6,10-11,14,19H,7-9H2,1-2H3,(H,17,21)(H,18,20). The fourth-order valence-electron chi connectivity index (χ4n) is 1.91. The second-order valence-electron chi connectivity index (χ2n) is 5.86. The maximum atomic E-state index is 12.1. The van der Waals surface area contributed by atoms with Crippen LogP contribution in [0.5, 0.6) is 0 Å². The fourth-order valence-corrected chi connectivity index (χ4v) is 1.91. The molecule has 1 aromatic carbocycles. The van der Waals surface area contributed by atoms with Crippen LogP contribution >= 0.6 is 0 Å². The fraction of sp³-hybridized carbons (Fsp3) is 0.500. The zero-order valence-corrected chi connectivity index (χ0v) is 12.4. The van der Waals surface area contributed by atoms with Crippen molar-refractivity contribution < 1.29 is 14.7 Å². The van der Waals surface area contributed by atoms with E-state index in [4.69, 9.17) is 0 Å². The molecule has 1 aliphatic carbocycles. The summed E-state index contributed by atoms with van der Waals surface area (Å²) in [5.74, 6) is -0.440. The van der Waals surface area contributed by atoms with Crippen LogP contribution in [0.2, 0.25) is 0 Å². The number of aliphatic hydroxyl groups excluding tert-OH is 1. The third kappa shape index (κ3) is 4.56. The highest BCUT2D eigenvalue weighted by atomic mass is 16.3. The van der Waals surface area contributed by atoms with Crippen LogP contribution in [0.3, 0.4) is 0 Å². The lowest BCUT2D eigenvalue weighted by Gasteiger charge is -2.15. The van der Waals surface area contributed by atoms with Gasteiger partial charge in [-0.3, -0.25) is 9.59 Å². The molecule has 21 heavy (non-hydrogen) atoms. The van der Waals surface area contributed by atoms with Gasteiger partial charge in [0.1, 0.15) is 0 Å². The summed E-state index contributed by atoms with van der Waals surface area (Å²) < 4.78 is 0. The molecule has 0 aliphatic heterocycles. The first kappa shape index (κ1) is 15.5. The van der Waals surface area contributed by atoms with Gasteiger partial charge in [0.25, 0.3) is 5.91 Å². The topological polar surface area (TPSA) is 78.4 Å². The van der Waals surface area contributed by atoms with E-state index >= 15 is 0 Å². The van der Waals surface area contributed by atoms with E-state index in [9.17, 15) is 14.7 Å². The van der Waals surface area contributed by atoms with E-state index in [1.807, 2.05) is 13.8 Å². The largest absolute Gasteiger partial charge is 0.392 e. The van der Waals surface area contributed by atoms with E-state index in [2.05, 4.69) is 10.6 Å². The van der Waals surface area contributed by atoms with Gasteiger partial charge in [-0.2, -0.15) is 0 Å². The number of carbonyl (C=O) groups excluding carboxylic acids is 2. The van der Waals surface area contributed by atoms with Gasteiger partial charge < -0.3 is 15.7 Å². The van der Waals surface area contributed by atoms with Crippen molar-refractivity contribution >= 4 is 17.5 Å². The Bertz CT molecular complexity index is 524. The number of para-hydroxylation sites is 1. The molecule has 0 heterocycles. The molecule has 2 rings (SSSR count). The minimum absolute atomic E-state index is 0.0177. The minimum Gasteiger partial charge on any atom is -0.392 e. The number of hydrogen-bond acceptors (Lipinski definition) is 3.